The van der Waals surface area contributed by atoms with Gasteiger partial charge in [-0.15, -0.1) is 0 Å². The number of phenolic OH excluding ortho intramolecular Hbond substituents is 1. The van der Waals surface area contributed by atoms with Gasteiger partial charge in [-0.25, -0.2) is 9.59 Å². The number of phenols is 1. The van der Waals surface area contributed by atoms with E-state index in [-0.39, 0.29) is 24.5 Å². The van der Waals surface area contributed by atoms with E-state index in [1.54, 1.807) is 6.92 Å². The average Bonchev–Trinajstić information content (AvgIpc) is 2.50. The summed E-state index contributed by atoms with van der Waals surface area (Å²) < 4.78 is 19.7. The zero-order valence-electron chi connectivity index (χ0n) is 13.0. The number of hydrogen-bond donors (Lipinski definition) is 1. The summed E-state index contributed by atoms with van der Waals surface area (Å²) in [5.74, 6) is 0.352. The SMILES string of the molecule is CCOC(=O)OCCCc1cc(=O)oc2cc(OC)cc(O)c12. The van der Waals surface area contributed by atoms with E-state index >= 15 is 0 Å². The Kier molecular flexibility index (Phi) is 5.46. The topological polar surface area (TPSA) is 95.2 Å². The lowest BCUT2D eigenvalue weighted by Gasteiger charge is -2.09. The first-order valence-electron chi connectivity index (χ1n) is 7.18. The van der Waals surface area contributed by atoms with Crippen molar-refractivity contribution in [2.75, 3.05) is 20.3 Å². The van der Waals surface area contributed by atoms with Crippen LogP contribution in [0.25, 0.3) is 11.0 Å². The van der Waals surface area contributed by atoms with Crippen LogP contribution in [-0.2, 0) is 15.9 Å². The highest BCUT2D eigenvalue weighted by Crippen LogP contribution is 2.32. The molecule has 0 fully saturated rings. The lowest BCUT2D eigenvalue weighted by molar-refractivity contribution is 0.0584. The standard InChI is InChI=1S/C16H18O7/c1-3-21-16(19)22-6-4-5-10-7-14(18)23-13-9-11(20-2)8-12(17)15(10)13/h7-9,17H,3-6H2,1-2H3. The summed E-state index contributed by atoms with van der Waals surface area (Å²) in [5.41, 5.74) is 0.339. The number of aryl methyl sites for hydroxylation is 1. The third kappa shape index (κ3) is 4.15. The minimum atomic E-state index is -0.725. The maximum atomic E-state index is 11.6. The minimum absolute atomic E-state index is 0.0376. The van der Waals surface area contributed by atoms with Gasteiger partial charge >= 0.3 is 11.8 Å². The fourth-order valence-corrected chi connectivity index (χ4v) is 2.22. The summed E-state index contributed by atoms with van der Waals surface area (Å²) in [4.78, 5) is 22.7. The average molecular weight is 322 g/mol. The fraction of sp³-hybridized carbons (Fsp3) is 0.375. The fourth-order valence-electron chi connectivity index (χ4n) is 2.22. The molecule has 2 rings (SSSR count). The largest absolute Gasteiger partial charge is 0.508 e. The highest BCUT2D eigenvalue weighted by Gasteiger charge is 2.12. The molecule has 0 bridgehead atoms. The van der Waals surface area contributed by atoms with Crippen molar-refractivity contribution in [3.05, 3.63) is 34.2 Å². The summed E-state index contributed by atoms with van der Waals surface area (Å²) in [7, 11) is 1.45. The maximum absolute atomic E-state index is 11.6. The molecular weight excluding hydrogens is 304 g/mol. The second kappa shape index (κ2) is 7.53. The Morgan fingerprint density at radius 2 is 2.04 bits per heavy atom. The monoisotopic (exact) mass is 322 g/mol. The van der Waals surface area contributed by atoms with Crippen LogP contribution in [0.4, 0.5) is 4.79 Å². The molecule has 0 unspecified atom stereocenters. The van der Waals surface area contributed by atoms with Gasteiger partial charge in [-0.1, -0.05) is 0 Å². The van der Waals surface area contributed by atoms with E-state index in [1.165, 1.54) is 25.3 Å². The predicted octanol–water partition coefficient (Wildman–Crippen LogP) is 2.61. The smallest absolute Gasteiger partial charge is 0.507 e. The number of carbonyl (C=O) groups is 1. The lowest BCUT2D eigenvalue weighted by Crippen LogP contribution is -2.09. The van der Waals surface area contributed by atoms with Crippen molar-refractivity contribution >= 4 is 17.1 Å². The van der Waals surface area contributed by atoms with Gasteiger partial charge in [0.1, 0.15) is 17.1 Å². The molecule has 2 aromatic rings. The Balaban J connectivity index is 2.17. The zero-order valence-corrected chi connectivity index (χ0v) is 13.0. The van der Waals surface area contributed by atoms with E-state index in [9.17, 15) is 14.7 Å². The first-order chi connectivity index (χ1) is 11.0. The van der Waals surface area contributed by atoms with E-state index in [2.05, 4.69) is 4.74 Å². The molecule has 0 aliphatic rings. The van der Waals surface area contributed by atoms with Crippen LogP contribution in [-0.4, -0.2) is 31.6 Å². The number of fused-ring (bicyclic) bond motifs is 1. The molecular formula is C16H18O7. The molecule has 1 heterocycles. The van der Waals surface area contributed by atoms with Gasteiger partial charge in [0.25, 0.3) is 0 Å². The molecule has 0 aliphatic heterocycles. The van der Waals surface area contributed by atoms with Crippen molar-refractivity contribution in [2.24, 2.45) is 0 Å². The van der Waals surface area contributed by atoms with Crippen LogP contribution in [0.1, 0.15) is 18.9 Å². The number of aromatic hydroxyl groups is 1. The third-order valence-electron chi connectivity index (χ3n) is 3.19. The predicted molar refractivity (Wildman–Crippen MR) is 82.0 cm³/mol. The van der Waals surface area contributed by atoms with Gasteiger partial charge < -0.3 is 23.7 Å². The Labute approximate surface area is 132 Å². The van der Waals surface area contributed by atoms with E-state index < -0.39 is 11.8 Å². The van der Waals surface area contributed by atoms with Crippen LogP contribution < -0.4 is 10.4 Å². The van der Waals surface area contributed by atoms with Crippen LogP contribution in [0.5, 0.6) is 11.5 Å². The molecule has 0 amide bonds. The van der Waals surface area contributed by atoms with Gasteiger partial charge in [0, 0.05) is 18.2 Å². The molecule has 1 aromatic carbocycles. The van der Waals surface area contributed by atoms with Gasteiger partial charge in [-0.05, 0) is 25.3 Å². The van der Waals surface area contributed by atoms with Gasteiger partial charge in [0.05, 0.1) is 25.7 Å². The highest BCUT2D eigenvalue weighted by molar-refractivity contribution is 5.87. The van der Waals surface area contributed by atoms with Crippen molar-refractivity contribution in [1.29, 1.82) is 0 Å². The third-order valence-corrected chi connectivity index (χ3v) is 3.19. The van der Waals surface area contributed by atoms with E-state index in [1.807, 2.05) is 0 Å². The molecule has 1 N–H and O–H groups in total. The second-order valence-corrected chi connectivity index (χ2v) is 4.75. The number of ether oxygens (including phenoxy) is 3. The maximum Gasteiger partial charge on any atom is 0.508 e. The molecule has 0 saturated heterocycles. The number of carbonyl (C=O) groups excluding carboxylic acids is 1. The molecule has 1 aromatic heterocycles. The van der Waals surface area contributed by atoms with Crippen molar-refractivity contribution in [2.45, 2.75) is 19.8 Å². The minimum Gasteiger partial charge on any atom is -0.507 e. The van der Waals surface area contributed by atoms with Crippen LogP contribution in [0, 0.1) is 0 Å². The van der Waals surface area contributed by atoms with Gasteiger partial charge in [0.2, 0.25) is 0 Å². The van der Waals surface area contributed by atoms with Crippen molar-refractivity contribution < 1.29 is 28.5 Å². The number of benzene rings is 1. The van der Waals surface area contributed by atoms with Crippen LogP contribution >= 0.6 is 0 Å². The molecule has 23 heavy (non-hydrogen) atoms. The molecule has 7 nitrogen and oxygen atoms in total. The lowest BCUT2D eigenvalue weighted by atomic mass is 10.0. The Morgan fingerprint density at radius 1 is 1.26 bits per heavy atom. The van der Waals surface area contributed by atoms with Crippen molar-refractivity contribution in [3.8, 4) is 11.5 Å². The van der Waals surface area contributed by atoms with Crippen LogP contribution in [0.2, 0.25) is 0 Å². The summed E-state index contributed by atoms with van der Waals surface area (Å²) in [5, 5.41) is 10.6. The van der Waals surface area contributed by atoms with Crippen molar-refractivity contribution in [1.82, 2.24) is 0 Å². The molecule has 7 heteroatoms. The molecule has 0 atom stereocenters. The molecule has 0 spiro atoms. The summed E-state index contributed by atoms with van der Waals surface area (Å²) in [6.45, 7) is 2.09. The normalized spacial score (nSPS) is 10.5. The first kappa shape index (κ1) is 16.7. The Hall–Kier alpha value is -2.70. The van der Waals surface area contributed by atoms with Gasteiger partial charge in [-0.3, -0.25) is 0 Å². The van der Waals surface area contributed by atoms with E-state index in [0.29, 0.717) is 29.5 Å². The van der Waals surface area contributed by atoms with Crippen LogP contribution in [0.3, 0.4) is 0 Å². The van der Waals surface area contributed by atoms with Gasteiger partial charge in [0.15, 0.2) is 0 Å². The molecule has 0 radical (unpaired) electrons. The summed E-state index contributed by atoms with van der Waals surface area (Å²) in [6, 6.07) is 4.30. The van der Waals surface area contributed by atoms with E-state index in [4.69, 9.17) is 13.9 Å². The number of hydrogen-bond acceptors (Lipinski definition) is 7. The first-order valence-corrected chi connectivity index (χ1v) is 7.18. The van der Waals surface area contributed by atoms with Crippen LogP contribution in [0.15, 0.2) is 27.4 Å². The second-order valence-electron chi connectivity index (χ2n) is 4.75. The van der Waals surface area contributed by atoms with Crippen molar-refractivity contribution in [3.63, 3.8) is 0 Å². The Morgan fingerprint density at radius 3 is 2.74 bits per heavy atom. The van der Waals surface area contributed by atoms with Gasteiger partial charge in [-0.2, -0.15) is 0 Å². The molecule has 0 saturated carbocycles. The summed E-state index contributed by atoms with van der Waals surface area (Å²) >= 11 is 0. The Bertz CT molecular complexity index is 748. The zero-order chi connectivity index (χ0) is 16.8. The summed E-state index contributed by atoms with van der Waals surface area (Å²) in [6.07, 6.45) is 0.182. The molecule has 0 aliphatic carbocycles. The molecule has 124 valence electrons. The number of methoxy groups -OCH3 is 1. The highest BCUT2D eigenvalue weighted by atomic mass is 16.7. The quantitative estimate of drug-likeness (QED) is 0.496. The van der Waals surface area contributed by atoms with E-state index in [0.717, 1.165) is 0 Å². The number of rotatable bonds is 6.